The number of nitrogens with zero attached hydrogens (tertiary/aromatic N) is 1. The number of methoxy groups -OCH3 is 1. The fraction of sp³-hybridized carbons (Fsp3) is 0.562. The highest BCUT2D eigenvalue weighted by Crippen LogP contribution is 2.47. The van der Waals surface area contributed by atoms with Crippen LogP contribution in [-0.4, -0.2) is 55.4 Å². The number of ether oxygens (including phenoxy) is 1. The summed E-state index contributed by atoms with van der Waals surface area (Å²) in [5.74, 6) is -2.19. The van der Waals surface area contributed by atoms with Gasteiger partial charge < -0.3 is 19.2 Å². The Morgan fingerprint density at radius 2 is 2.04 bits per heavy atom. The quantitative estimate of drug-likeness (QED) is 0.311. The molecule has 1 fully saturated rings. The van der Waals surface area contributed by atoms with Crippen molar-refractivity contribution in [3.63, 3.8) is 0 Å². The molecule has 7 nitrogen and oxygen atoms in total. The van der Waals surface area contributed by atoms with Crippen molar-refractivity contribution in [2.75, 3.05) is 7.11 Å². The fourth-order valence-corrected chi connectivity index (χ4v) is 5.36. The molecule has 1 N–H and O–H groups in total. The lowest BCUT2D eigenvalue weighted by Gasteiger charge is -2.46. The van der Waals surface area contributed by atoms with Crippen molar-refractivity contribution in [1.29, 1.82) is 0 Å². The first-order valence-corrected chi connectivity index (χ1v) is 12.2. The third-order valence-corrected chi connectivity index (χ3v) is 6.03. The molecule has 1 saturated heterocycles. The maximum Gasteiger partial charge on any atom is 0.353 e. The third-order valence-electron chi connectivity index (χ3n) is 4.03. The lowest BCUT2D eigenvalue weighted by Crippen LogP contribution is -2.63. The molecule has 0 aromatic carbocycles. The smallest absolute Gasteiger partial charge is 0.353 e. The van der Waals surface area contributed by atoms with Gasteiger partial charge in [-0.1, -0.05) is 11.8 Å². The van der Waals surface area contributed by atoms with Gasteiger partial charge in [0.1, 0.15) is 5.70 Å². The lowest BCUT2D eigenvalue weighted by molar-refractivity contribution is -0.160. The van der Waals surface area contributed by atoms with E-state index in [4.69, 9.17) is 4.43 Å². The van der Waals surface area contributed by atoms with Gasteiger partial charge in [0, 0.05) is 17.4 Å². The zero-order valence-corrected chi connectivity index (χ0v) is 16.8. The van der Waals surface area contributed by atoms with E-state index in [0.29, 0.717) is 11.3 Å². The number of esters is 1. The summed E-state index contributed by atoms with van der Waals surface area (Å²) in [4.78, 5) is 37.2. The Morgan fingerprint density at radius 3 is 2.56 bits per heavy atom. The Kier molecular flexibility index (Phi) is 5.80. The summed E-state index contributed by atoms with van der Waals surface area (Å²) in [6, 6.07) is -0.195. The van der Waals surface area contributed by atoms with Gasteiger partial charge in [0.2, 0.25) is 5.91 Å². The number of thioether (sulfide) groups is 1. The number of fused-ring (bicyclic) bond motifs is 1. The van der Waals surface area contributed by atoms with E-state index in [0.717, 1.165) is 11.8 Å². The number of carboxylic acids is 1. The van der Waals surface area contributed by atoms with Gasteiger partial charge in [0.25, 0.3) is 0 Å². The van der Waals surface area contributed by atoms with Crippen molar-refractivity contribution < 1.29 is 28.7 Å². The Hall–Kier alpha value is -1.58. The van der Waals surface area contributed by atoms with Crippen LogP contribution in [0, 0.1) is 5.92 Å². The van der Waals surface area contributed by atoms with Crippen LogP contribution < -0.4 is 0 Å². The molecule has 2 heterocycles. The highest BCUT2D eigenvalue weighted by molar-refractivity contribution is 8.05. The van der Waals surface area contributed by atoms with E-state index in [1.165, 1.54) is 23.5 Å². The van der Waals surface area contributed by atoms with E-state index in [1.54, 1.807) is 0 Å². The van der Waals surface area contributed by atoms with Crippen LogP contribution in [0.5, 0.6) is 0 Å². The number of carboxylic acid groups (broad SMARTS) is 1. The van der Waals surface area contributed by atoms with Crippen LogP contribution in [0.15, 0.2) is 22.1 Å². The van der Waals surface area contributed by atoms with Crippen molar-refractivity contribution in [2.45, 2.75) is 45.1 Å². The van der Waals surface area contributed by atoms with E-state index in [2.05, 4.69) is 24.4 Å². The Morgan fingerprint density at radius 1 is 1.40 bits per heavy atom. The minimum absolute atomic E-state index is 0.00553. The first kappa shape index (κ1) is 19.7. The number of hydrogen-bond acceptors (Lipinski definition) is 6. The van der Waals surface area contributed by atoms with Crippen molar-refractivity contribution in [1.82, 2.24) is 4.90 Å². The highest BCUT2D eigenvalue weighted by atomic mass is 32.2. The lowest BCUT2D eigenvalue weighted by atomic mass is 9.83. The third kappa shape index (κ3) is 4.16. The van der Waals surface area contributed by atoms with Crippen LogP contribution >= 0.6 is 11.8 Å². The Balaban J connectivity index is 2.14. The molecule has 2 aliphatic heterocycles. The monoisotopic (exact) mass is 385 g/mol. The summed E-state index contributed by atoms with van der Waals surface area (Å²) in [5, 5.41) is 11.0. The number of hydrogen-bond donors (Lipinski definition) is 1. The van der Waals surface area contributed by atoms with Gasteiger partial charge in [-0.05, 0) is 32.0 Å². The molecule has 0 spiro atoms. The summed E-state index contributed by atoms with van der Waals surface area (Å²) >= 11 is 1.13. The molecular weight excluding hydrogens is 362 g/mol. The number of carbonyl (C=O) groups is 3. The maximum atomic E-state index is 12.5. The summed E-state index contributed by atoms with van der Waals surface area (Å²) in [7, 11) is -0.533. The predicted octanol–water partition coefficient (Wildman–Crippen LogP) is 2.17. The largest absolute Gasteiger partial charge is 0.477 e. The Bertz CT molecular complexity index is 654. The second kappa shape index (κ2) is 7.34. The number of carbonyl (C=O) groups excluding carboxylic acids is 2. The molecular formula is C16H23NO6SSi. The summed E-state index contributed by atoms with van der Waals surface area (Å²) in [6.45, 7) is 8.04. The number of β-lactam (4-membered cyclic amide) rings is 1. The molecule has 0 aromatic heterocycles. The van der Waals surface area contributed by atoms with Gasteiger partial charge in [0.05, 0.1) is 25.2 Å². The number of rotatable bonds is 7. The number of amides is 1. The summed E-state index contributed by atoms with van der Waals surface area (Å²) in [6.07, 6.45) is 1.43. The van der Waals surface area contributed by atoms with Gasteiger partial charge in [-0.3, -0.25) is 4.79 Å². The molecule has 138 valence electrons. The van der Waals surface area contributed by atoms with E-state index in [-0.39, 0.29) is 29.7 Å². The van der Waals surface area contributed by atoms with Gasteiger partial charge in [-0.15, -0.1) is 0 Å². The molecule has 0 aromatic rings. The molecule has 25 heavy (non-hydrogen) atoms. The van der Waals surface area contributed by atoms with Crippen molar-refractivity contribution >= 4 is 37.9 Å². The summed E-state index contributed by atoms with van der Waals surface area (Å²) < 4.78 is 10.5. The zero-order valence-electron chi connectivity index (χ0n) is 14.9. The van der Waals surface area contributed by atoms with Crippen LogP contribution in [0.4, 0.5) is 0 Å². The molecule has 0 unspecified atom stereocenters. The second-order valence-electron chi connectivity index (χ2n) is 6.96. The molecule has 0 aliphatic carbocycles. The standard InChI is InChI=1S/C16H23NO6SSi/c1-9(23-25(3,4)5)13-10-8-11(24-7-6-12(18)22-2)14(16(20)21)17(10)15(13)19/h6-7,9-10,13H,8H2,1-5H3,(H,20,21)/b7-6-/t9-,10-,13-/m1/s1. The topological polar surface area (TPSA) is 93.1 Å². The normalized spacial score (nSPS) is 24.4. The van der Waals surface area contributed by atoms with E-state index in [9.17, 15) is 19.5 Å². The van der Waals surface area contributed by atoms with Crippen LogP contribution in [0.2, 0.25) is 19.6 Å². The average molecular weight is 386 g/mol. The van der Waals surface area contributed by atoms with Crippen LogP contribution in [-0.2, 0) is 23.5 Å². The SMILES string of the molecule is COC(=O)/C=C\SC1=C(C(=O)O)N2C(=O)[C@H]([C@@H](C)O[Si](C)(C)C)[C@H]2C1. The average Bonchev–Trinajstić information content (AvgIpc) is 2.79. The summed E-state index contributed by atoms with van der Waals surface area (Å²) in [5.41, 5.74) is 0.00553. The van der Waals surface area contributed by atoms with E-state index in [1.807, 2.05) is 6.92 Å². The predicted molar refractivity (Wildman–Crippen MR) is 96.0 cm³/mol. The van der Waals surface area contributed by atoms with Gasteiger partial charge in [-0.2, -0.15) is 0 Å². The minimum Gasteiger partial charge on any atom is -0.477 e. The fourth-order valence-electron chi connectivity index (χ4n) is 3.19. The molecule has 1 amide bonds. The molecule has 2 aliphatic rings. The first-order chi connectivity index (χ1) is 11.6. The molecule has 9 heteroatoms. The van der Waals surface area contributed by atoms with Gasteiger partial charge >= 0.3 is 11.9 Å². The van der Waals surface area contributed by atoms with Crippen LogP contribution in [0.1, 0.15) is 13.3 Å². The minimum atomic E-state index is -1.80. The van der Waals surface area contributed by atoms with Crippen molar-refractivity contribution in [3.8, 4) is 0 Å². The molecule has 2 rings (SSSR count). The van der Waals surface area contributed by atoms with Crippen molar-refractivity contribution in [2.24, 2.45) is 5.92 Å². The zero-order chi connectivity index (χ0) is 18.9. The Labute approximate surface area is 152 Å². The van der Waals surface area contributed by atoms with Crippen molar-refractivity contribution in [3.05, 3.63) is 22.1 Å². The second-order valence-corrected chi connectivity index (χ2v) is 12.4. The molecule has 0 saturated carbocycles. The van der Waals surface area contributed by atoms with Gasteiger partial charge in [0.15, 0.2) is 8.32 Å². The molecule has 3 atom stereocenters. The molecule has 0 radical (unpaired) electrons. The van der Waals surface area contributed by atoms with E-state index >= 15 is 0 Å². The van der Waals surface area contributed by atoms with Crippen LogP contribution in [0.3, 0.4) is 0 Å². The van der Waals surface area contributed by atoms with Gasteiger partial charge in [-0.25, -0.2) is 9.59 Å². The maximum absolute atomic E-state index is 12.5. The number of aliphatic carboxylic acids is 1. The first-order valence-electron chi connectivity index (χ1n) is 7.95. The van der Waals surface area contributed by atoms with E-state index < -0.39 is 20.3 Å². The molecule has 0 bridgehead atoms. The van der Waals surface area contributed by atoms with Crippen LogP contribution in [0.25, 0.3) is 0 Å². The highest BCUT2D eigenvalue weighted by Gasteiger charge is 2.57.